The second-order valence-corrected chi connectivity index (χ2v) is 4.26. The van der Waals surface area contributed by atoms with E-state index in [4.69, 9.17) is 11.6 Å². The molecule has 0 atom stereocenters. The van der Waals surface area contributed by atoms with Gasteiger partial charge in [0.25, 0.3) is 0 Å². The summed E-state index contributed by atoms with van der Waals surface area (Å²) in [7, 11) is 0. The number of fused-ring (bicyclic) bond motifs is 2. The normalized spacial score (nSPS) is 20.4. The van der Waals surface area contributed by atoms with Crippen LogP contribution in [-0.2, 0) is 5.41 Å². The first-order chi connectivity index (χ1) is 5.80. The molecule has 13 heavy (non-hydrogen) atoms. The maximum atomic E-state index is 5.90. The van der Waals surface area contributed by atoms with Crippen LogP contribution < -0.4 is 5.32 Å². The summed E-state index contributed by atoms with van der Waals surface area (Å²) < 4.78 is 0. The predicted molar refractivity (Wildman–Crippen MR) is 58.1 cm³/mol. The van der Waals surface area contributed by atoms with Crippen LogP contribution in [0.3, 0.4) is 0 Å². The number of nitrogens with one attached hydrogen (secondary N) is 1. The Hall–Kier alpha value is -0.400. The summed E-state index contributed by atoms with van der Waals surface area (Å²) in [5.74, 6) is 0. The highest BCUT2D eigenvalue weighted by atomic mass is 35.5. The molecule has 1 aliphatic heterocycles. The summed E-state index contributed by atoms with van der Waals surface area (Å²) in [5, 5.41) is 4.24. The van der Waals surface area contributed by atoms with Gasteiger partial charge >= 0.3 is 0 Å². The number of benzene rings is 1. The fraction of sp³-hybridized carbons (Fsp3) is 0.400. The molecule has 0 amide bonds. The molecule has 1 saturated carbocycles. The minimum absolute atomic E-state index is 0. The van der Waals surface area contributed by atoms with E-state index < -0.39 is 0 Å². The molecule has 1 aliphatic carbocycles. The monoisotopic (exact) mass is 215 g/mol. The van der Waals surface area contributed by atoms with Gasteiger partial charge in [-0.15, -0.1) is 12.4 Å². The molecular formula is C10H11Cl2N. The predicted octanol–water partition coefficient (Wildman–Crippen LogP) is 3.22. The summed E-state index contributed by atoms with van der Waals surface area (Å²) in [6.07, 6.45) is 2.68. The molecule has 1 nitrogen and oxygen atoms in total. The zero-order chi connectivity index (χ0) is 8.18. The Kier molecular flexibility index (Phi) is 1.97. The summed E-state index contributed by atoms with van der Waals surface area (Å²) in [5.41, 5.74) is 3.23. The Morgan fingerprint density at radius 3 is 2.77 bits per heavy atom. The van der Waals surface area contributed by atoms with Crippen molar-refractivity contribution in [3.63, 3.8) is 0 Å². The van der Waals surface area contributed by atoms with Crippen LogP contribution >= 0.6 is 24.0 Å². The van der Waals surface area contributed by atoms with Crippen molar-refractivity contribution in [2.24, 2.45) is 0 Å². The van der Waals surface area contributed by atoms with Crippen molar-refractivity contribution >= 4 is 29.7 Å². The molecule has 0 saturated heterocycles. The number of hydrogen-bond donors (Lipinski definition) is 1. The molecule has 1 aromatic rings. The van der Waals surface area contributed by atoms with Crippen LogP contribution in [0.2, 0.25) is 5.02 Å². The average molecular weight is 216 g/mol. The van der Waals surface area contributed by atoms with E-state index in [2.05, 4.69) is 11.4 Å². The van der Waals surface area contributed by atoms with E-state index in [-0.39, 0.29) is 12.4 Å². The Morgan fingerprint density at radius 1 is 1.31 bits per heavy atom. The highest BCUT2D eigenvalue weighted by molar-refractivity contribution is 6.30. The van der Waals surface area contributed by atoms with Gasteiger partial charge < -0.3 is 5.32 Å². The summed E-state index contributed by atoms with van der Waals surface area (Å²) in [6.45, 7) is 1.11. The summed E-state index contributed by atoms with van der Waals surface area (Å²) >= 11 is 5.90. The fourth-order valence-electron chi connectivity index (χ4n) is 2.08. The zero-order valence-corrected chi connectivity index (χ0v) is 8.71. The van der Waals surface area contributed by atoms with Crippen molar-refractivity contribution in [2.45, 2.75) is 18.3 Å². The Balaban J connectivity index is 0.000000653. The third-order valence-electron chi connectivity index (χ3n) is 3.02. The van der Waals surface area contributed by atoms with E-state index in [1.165, 1.54) is 24.1 Å². The molecule has 1 N–H and O–H groups in total. The summed E-state index contributed by atoms with van der Waals surface area (Å²) in [6, 6.07) is 6.20. The highest BCUT2D eigenvalue weighted by Crippen LogP contribution is 2.54. The van der Waals surface area contributed by atoms with Gasteiger partial charge in [-0.2, -0.15) is 0 Å². The molecular weight excluding hydrogens is 205 g/mol. The van der Waals surface area contributed by atoms with Crippen molar-refractivity contribution in [2.75, 3.05) is 11.9 Å². The fourth-order valence-corrected chi connectivity index (χ4v) is 2.25. The minimum atomic E-state index is 0. The third kappa shape index (κ3) is 1.22. The SMILES string of the molecule is Cl.Clc1ccc2c(c1)NCC21CC1. The van der Waals surface area contributed by atoms with Gasteiger partial charge in [-0.25, -0.2) is 0 Å². The first-order valence-electron chi connectivity index (χ1n) is 4.34. The Labute approximate surface area is 88.9 Å². The van der Waals surface area contributed by atoms with Gasteiger partial charge in [0.1, 0.15) is 0 Å². The molecule has 70 valence electrons. The molecule has 3 heteroatoms. The maximum absolute atomic E-state index is 5.90. The smallest absolute Gasteiger partial charge is 0.0426 e. The zero-order valence-electron chi connectivity index (χ0n) is 7.14. The molecule has 0 radical (unpaired) electrons. The van der Waals surface area contributed by atoms with E-state index >= 15 is 0 Å². The van der Waals surface area contributed by atoms with Gasteiger partial charge in [0.2, 0.25) is 0 Å². The maximum Gasteiger partial charge on any atom is 0.0426 e. The second-order valence-electron chi connectivity index (χ2n) is 3.82. The number of anilines is 1. The van der Waals surface area contributed by atoms with Crippen LogP contribution in [0, 0.1) is 0 Å². The first-order valence-corrected chi connectivity index (χ1v) is 4.72. The minimum Gasteiger partial charge on any atom is -0.384 e. The van der Waals surface area contributed by atoms with Crippen molar-refractivity contribution in [1.82, 2.24) is 0 Å². The van der Waals surface area contributed by atoms with E-state index in [0.717, 1.165) is 11.6 Å². The summed E-state index contributed by atoms with van der Waals surface area (Å²) in [4.78, 5) is 0. The van der Waals surface area contributed by atoms with Crippen LogP contribution in [0.1, 0.15) is 18.4 Å². The highest BCUT2D eigenvalue weighted by Gasteiger charge is 2.48. The van der Waals surface area contributed by atoms with E-state index in [9.17, 15) is 0 Å². The molecule has 0 unspecified atom stereocenters. The van der Waals surface area contributed by atoms with E-state index in [0.29, 0.717) is 5.41 Å². The van der Waals surface area contributed by atoms with Crippen LogP contribution in [0.5, 0.6) is 0 Å². The van der Waals surface area contributed by atoms with E-state index in [1.54, 1.807) is 0 Å². The molecule has 1 heterocycles. The van der Waals surface area contributed by atoms with Crippen molar-refractivity contribution < 1.29 is 0 Å². The number of halogens is 2. The lowest BCUT2D eigenvalue weighted by Crippen LogP contribution is -2.07. The van der Waals surface area contributed by atoms with Crippen molar-refractivity contribution in [3.05, 3.63) is 28.8 Å². The van der Waals surface area contributed by atoms with Crippen LogP contribution in [0.25, 0.3) is 0 Å². The lowest BCUT2D eigenvalue weighted by molar-refractivity contribution is 0.778. The largest absolute Gasteiger partial charge is 0.384 e. The Morgan fingerprint density at radius 2 is 2.08 bits per heavy atom. The van der Waals surface area contributed by atoms with Gasteiger partial charge in [0.05, 0.1) is 0 Å². The molecule has 3 rings (SSSR count). The third-order valence-corrected chi connectivity index (χ3v) is 3.26. The molecule has 1 spiro atoms. The topological polar surface area (TPSA) is 12.0 Å². The van der Waals surface area contributed by atoms with Gasteiger partial charge in [0.15, 0.2) is 0 Å². The standard InChI is InChI=1S/C10H10ClN.ClH/c11-7-1-2-8-9(5-7)12-6-10(8)3-4-10;/h1-2,5,12H,3-4,6H2;1H. The second kappa shape index (κ2) is 2.79. The van der Waals surface area contributed by atoms with Gasteiger partial charge in [-0.1, -0.05) is 17.7 Å². The van der Waals surface area contributed by atoms with Crippen molar-refractivity contribution in [1.29, 1.82) is 0 Å². The van der Waals surface area contributed by atoms with Crippen LogP contribution in [0.15, 0.2) is 18.2 Å². The van der Waals surface area contributed by atoms with Gasteiger partial charge in [-0.05, 0) is 30.5 Å². The molecule has 1 aromatic carbocycles. The van der Waals surface area contributed by atoms with Gasteiger partial charge in [0, 0.05) is 22.7 Å². The van der Waals surface area contributed by atoms with E-state index in [1.807, 2.05) is 12.1 Å². The first kappa shape index (κ1) is 9.17. The van der Waals surface area contributed by atoms with Gasteiger partial charge in [-0.3, -0.25) is 0 Å². The lowest BCUT2D eigenvalue weighted by Gasteiger charge is -2.04. The lowest BCUT2D eigenvalue weighted by atomic mass is 9.99. The molecule has 0 aromatic heterocycles. The molecule has 2 aliphatic rings. The number of hydrogen-bond acceptors (Lipinski definition) is 1. The van der Waals surface area contributed by atoms with Crippen LogP contribution in [0.4, 0.5) is 5.69 Å². The number of rotatable bonds is 0. The van der Waals surface area contributed by atoms with Crippen molar-refractivity contribution in [3.8, 4) is 0 Å². The molecule has 0 bridgehead atoms. The average Bonchev–Trinajstić information content (AvgIpc) is 2.73. The Bertz CT molecular complexity index is 345. The quantitative estimate of drug-likeness (QED) is 0.702. The van der Waals surface area contributed by atoms with Crippen LogP contribution in [-0.4, -0.2) is 6.54 Å². The molecule has 1 fully saturated rings.